The molecule has 1 aliphatic heterocycles. The summed E-state index contributed by atoms with van der Waals surface area (Å²) in [7, 11) is -10.9. The highest BCUT2D eigenvalue weighted by molar-refractivity contribution is 7.43. The molecule has 0 saturated carbocycles. The first kappa shape index (κ1) is 18.1. The Morgan fingerprint density at radius 3 is 2.05 bits per heavy atom. The minimum absolute atomic E-state index is 1.03. The van der Waals surface area contributed by atoms with Crippen molar-refractivity contribution in [3.8, 4) is 0 Å². The van der Waals surface area contributed by atoms with E-state index in [4.69, 9.17) is 0 Å². The van der Waals surface area contributed by atoms with Crippen LogP contribution in [0.15, 0.2) is 0 Å². The zero-order valence-corrected chi connectivity index (χ0v) is 11.3. The van der Waals surface area contributed by atoms with Gasteiger partial charge in [-0.2, -0.15) is 0 Å². The average molecular weight is 336 g/mol. The first-order valence-corrected chi connectivity index (χ1v) is 7.86. The van der Waals surface area contributed by atoms with Crippen LogP contribution in [0.2, 0.25) is 0 Å². The highest BCUT2D eigenvalue weighted by Crippen LogP contribution is 2.35. The lowest BCUT2D eigenvalue weighted by Crippen LogP contribution is -2.47. The van der Waals surface area contributed by atoms with Gasteiger partial charge in [0, 0.05) is 0 Å². The molecule has 0 radical (unpaired) electrons. The van der Waals surface area contributed by atoms with Crippen molar-refractivity contribution in [1.82, 2.24) is 0 Å². The van der Waals surface area contributed by atoms with Crippen LogP contribution in [-0.4, -0.2) is 52.6 Å². The molecule has 4 atom stereocenters. The smallest absolute Gasteiger partial charge is 0.219 e. The van der Waals surface area contributed by atoms with Crippen molar-refractivity contribution < 1.29 is 57.8 Å². The number of phosphoric acid groups is 2. The quantitative estimate of drug-likeness (QED) is 0.387. The molecule has 0 bridgehead atoms. The van der Waals surface area contributed by atoms with E-state index in [-0.39, 0.29) is 0 Å². The summed E-state index contributed by atoms with van der Waals surface area (Å²) in [5.41, 5.74) is 0. The van der Waals surface area contributed by atoms with Crippen LogP contribution in [0.1, 0.15) is 0 Å². The molecule has 1 heterocycles. The van der Waals surface area contributed by atoms with E-state index in [9.17, 15) is 44.0 Å². The molecule has 12 nitrogen and oxygen atoms in total. The Labute approximate surface area is 112 Å². The molecule has 120 valence electrons. The van der Waals surface area contributed by atoms with E-state index < -0.39 is 53.0 Å². The zero-order valence-electron chi connectivity index (χ0n) is 9.56. The van der Waals surface area contributed by atoms with Gasteiger partial charge in [0.2, 0.25) is 5.79 Å². The third-order valence-electron chi connectivity index (χ3n) is 2.35. The Balaban J connectivity index is 2.67. The van der Waals surface area contributed by atoms with Gasteiger partial charge in [-0.05, 0) is 0 Å². The first-order chi connectivity index (χ1) is 8.84. The third-order valence-corrected chi connectivity index (χ3v) is 3.26. The van der Waals surface area contributed by atoms with E-state index in [2.05, 4.69) is 13.8 Å². The number of phosphoric ester groups is 2. The highest BCUT2D eigenvalue weighted by Gasteiger charge is 2.53. The summed E-state index contributed by atoms with van der Waals surface area (Å²) in [5.74, 6) is -2.78. The Morgan fingerprint density at radius 1 is 1.10 bits per heavy atom. The van der Waals surface area contributed by atoms with Crippen molar-refractivity contribution in [2.75, 3.05) is 13.2 Å². The largest absolute Gasteiger partial charge is 0.790 e. The highest BCUT2D eigenvalue weighted by atomic mass is 31.2. The summed E-state index contributed by atoms with van der Waals surface area (Å²) in [5, 5.41) is 28.5. The second-order valence-corrected chi connectivity index (χ2v) is 6.21. The van der Waals surface area contributed by atoms with Crippen LogP contribution in [-0.2, 0) is 22.9 Å². The molecular weight excluding hydrogens is 326 g/mol. The number of aliphatic hydroxyl groups excluding tert-OH is 2. The monoisotopic (exact) mass is 336 g/mol. The Hall–Kier alpha value is 0.0600. The molecular formula is C6H10O12P2-4. The van der Waals surface area contributed by atoms with E-state index in [0.717, 1.165) is 0 Å². The molecule has 1 aliphatic rings. The lowest BCUT2D eigenvalue weighted by atomic mass is 10.1. The topological polar surface area (TPSA) is 215 Å². The summed E-state index contributed by atoms with van der Waals surface area (Å²) in [4.78, 5) is 41.0. The second kappa shape index (κ2) is 6.05. The van der Waals surface area contributed by atoms with Crippen molar-refractivity contribution in [2.45, 2.75) is 24.1 Å². The first-order valence-electron chi connectivity index (χ1n) is 4.93. The second-order valence-electron chi connectivity index (χ2n) is 3.90. The molecule has 1 fully saturated rings. The molecule has 1 unspecified atom stereocenters. The van der Waals surface area contributed by atoms with Gasteiger partial charge in [0.05, 0.1) is 22.3 Å². The minimum atomic E-state index is -5.48. The van der Waals surface area contributed by atoms with Gasteiger partial charge in [-0.25, -0.2) is 0 Å². The number of hydrogen-bond donors (Lipinski definition) is 3. The van der Waals surface area contributed by atoms with Crippen LogP contribution < -0.4 is 19.6 Å². The van der Waals surface area contributed by atoms with Gasteiger partial charge in [0.25, 0.3) is 0 Å². The maximum atomic E-state index is 10.3. The van der Waals surface area contributed by atoms with E-state index in [1.165, 1.54) is 0 Å². The predicted octanol–water partition coefficient (Wildman–Crippen LogP) is -5.51. The normalized spacial score (nSPS) is 35.5. The fourth-order valence-electron chi connectivity index (χ4n) is 1.46. The number of rotatable bonds is 6. The molecule has 14 heteroatoms. The van der Waals surface area contributed by atoms with Gasteiger partial charge in [0.1, 0.15) is 24.9 Å². The van der Waals surface area contributed by atoms with Gasteiger partial charge < -0.3 is 57.8 Å². The standard InChI is InChI=1S/C6H14O12P2/c7-4-3(1-16-19(10,11)12)18-6(9,5(4)8)2-17-20(13,14)15/h3-5,7-9H,1-2H2,(H2,10,11,12)(H2,13,14,15)/p-4/t3-,4+,5+,6?/m1/s1. The number of hydrogen-bond acceptors (Lipinski definition) is 12. The summed E-state index contributed by atoms with van der Waals surface area (Å²) < 4.78 is 32.6. The van der Waals surface area contributed by atoms with Crippen molar-refractivity contribution in [3.05, 3.63) is 0 Å². The van der Waals surface area contributed by atoms with Crippen LogP contribution in [0.3, 0.4) is 0 Å². The van der Waals surface area contributed by atoms with E-state index in [1.807, 2.05) is 0 Å². The van der Waals surface area contributed by atoms with Crippen molar-refractivity contribution in [3.63, 3.8) is 0 Å². The van der Waals surface area contributed by atoms with E-state index in [0.29, 0.717) is 0 Å². The predicted molar refractivity (Wildman–Crippen MR) is 49.0 cm³/mol. The van der Waals surface area contributed by atoms with Gasteiger partial charge in [-0.15, -0.1) is 0 Å². The average Bonchev–Trinajstić information content (AvgIpc) is 2.48. The molecule has 0 amide bonds. The fraction of sp³-hybridized carbons (Fsp3) is 1.00. The fourth-order valence-corrected chi connectivity index (χ4v) is 2.13. The molecule has 20 heavy (non-hydrogen) atoms. The minimum Gasteiger partial charge on any atom is -0.790 e. The summed E-state index contributed by atoms with van der Waals surface area (Å²) in [6, 6.07) is 0. The van der Waals surface area contributed by atoms with Crippen molar-refractivity contribution >= 4 is 15.6 Å². The maximum Gasteiger partial charge on any atom is 0.219 e. The molecule has 1 saturated heterocycles. The van der Waals surface area contributed by atoms with E-state index >= 15 is 0 Å². The number of aliphatic hydroxyl groups is 3. The SMILES string of the molecule is O=P([O-])([O-])OC[C@H]1OC(O)(COP(=O)([O-])[O-])[C@@H](O)[C@H]1O. The Bertz CT molecular complexity index is 428. The summed E-state index contributed by atoms with van der Waals surface area (Å²) in [6.07, 6.45) is -5.69. The zero-order chi connectivity index (χ0) is 15.8. The molecule has 0 aromatic carbocycles. The number of ether oxygens (including phenoxy) is 1. The van der Waals surface area contributed by atoms with Gasteiger partial charge in [0.15, 0.2) is 0 Å². The molecule has 3 N–H and O–H groups in total. The van der Waals surface area contributed by atoms with Crippen LogP contribution in [0.5, 0.6) is 0 Å². The van der Waals surface area contributed by atoms with Crippen LogP contribution in [0, 0.1) is 0 Å². The maximum absolute atomic E-state index is 10.3. The molecule has 0 aromatic rings. The Kier molecular flexibility index (Phi) is 5.48. The van der Waals surface area contributed by atoms with Crippen molar-refractivity contribution in [2.24, 2.45) is 0 Å². The molecule has 0 spiro atoms. The van der Waals surface area contributed by atoms with E-state index in [1.54, 1.807) is 0 Å². The summed E-state index contributed by atoms with van der Waals surface area (Å²) >= 11 is 0. The van der Waals surface area contributed by atoms with Gasteiger partial charge in [-0.3, -0.25) is 0 Å². The molecule has 0 aliphatic carbocycles. The lowest BCUT2D eigenvalue weighted by molar-refractivity contribution is -0.350. The van der Waals surface area contributed by atoms with Crippen LogP contribution >= 0.6 is 15.6 Å². The molecule has 1 rings (SSSR count). The van der Waals surface area contributed by atoms with Gasteiger partial charge in [-0.1, -0.05) is 0 Å². The molecule has 0 aromatic heterocycles. The van der Waals surface area contributed by atoms with Crippen LogP contribution in [0.4, 0.5) is 0 Å². The third kappa shape index (κ3) is 5.11. The summed E-state index contributed by atoms with van der Waals surface area (Å²) in [6.45, 7) is -2.37. The lowest BCUT2D eigenvalue weighted by Gasteiger charge is -2.34. The van der Waals surface area contributed by atoms with Crippen LogP contribution in [0.25, 0.3) is 0 Å². The van der Waals surface area contributed by atoms with Crippen molar-refractivity contribution in [1.29, 1.82) is 0 Å². The Morgan fingerprint density at radius 2 is 1.60 bits per heavy atom. The van der Waals surface area contributed by atoms with Gasteiger partial charge >= 0.3 is 0 Å².